The number of nitrogen functional groups attached to an aromatic ring is 1. The van der Waals surface area contributed by atoms with E-state index in [1.54, 1.807) is 0 Å². The number of allylic oxidation sites excluding steroid dienone is 2. The van der Waals surface area contributed by atoms with Crippen molar-refractivity contribution >= 4 is 27.4 Å². The summed E-state index contributed by atoms with van der Waals surface area (Å²) in [7, 11) is 0. The fraction of sp³-hybridized carbons (Fsp3) is 0.308. The molecular formula is C13H14BrNO. The molecule has 0 saturated heterocycles. The molecule has 0 heterocycles. The molecule has 2 rings (SSSR count). The summed E-state index contributed by atoms with van der Waals surface area (Å²) in [6, 6.07) is 3.68. The van der Waals surface area contributed by atoms with Crippen molar-refractivity contribution in [2.45, 2.75) is 26.2 Å². The van der Waals surface area contributed by atoms with E-state index in [9.17, 15) is 4.79 Å². The van der Waals surface area contributed by atoms with Crippen LogP contribution < -0.4 is 5.73 Å². The number of hydrogen-bond donors (Lipinski definition) is 1. The molecule has 84 valence electrons. The van der Waals surface area contributed by atoms with Crippen molar-refractivity contribution in [3.63, 3.8) is 0 Å². The van der Waals surface area contributed by atoms with Gasteiger partial charge in [-0.3, -0.25) is 4.79 Å². The van der Waals surface area contributed by atoms with Gasteiger partial charge in [0.25, 0.3) is 0 Å². The molecule has 16 heavy (non-hydrogen) atoms. The van der Waals surface area contributed by atoms with Gasteiger partial charge in [-0.2, -0.15) is 0 Å². The Labute approximate surface area is 104 Å². The van der Waals surface area contributed by atoms with Crippen LogP contribution >= 0.6 is 15.9 Å². The van der Waals surface area contributed by atoms with Crippen LogP contribution in [-0.2, 0) is 0 Å². The van der Waals surface area contributed by atoms with Crippen LogP contribution in [0.15, 0.2) is 28.3 Å². The molecule has 0 spiro atoms. The summed E-state index contributed by atoms with van der Waals surface area (Å²) in [6.07, 6.45) is 5.04. The van der Waals surface area contributed by atoms with Crippen LogP contribution in [0.25, 0.3) is 0 Å². The van der Waals surface area contributed by atoms with Crippen molar-refractivity contribution < 1.29 is 4.79 Å². The molecule has 2 N–H and O–H groups in total. The maximum absolute atomic E-state index is 12.2. The Morgan fingerprint density at radius 1 is 1.44 bits per heavy atom. The zero-order chi connectivity index (χ0) is 11.7. The molecule has 0 radical (unpaired) electrons. The molecule has 0 saturated carbocycles. The van der Waals surface area contributed by atoms with Crippen LogP contribution in [-0.4, -0.2) is 5.78 Å². The minimum absolute atomic E-state index is 0.128. The van der Waals surface area contributed by atoms with Gasteiger partial charge in [-0.25, -0.2) is 0 Å². The van der Waals surface area contributed by atoms with Gasteiger partial charge in [-0.15, -0.1) is 0 Å². The highest BCUT2D eigenvalue weighted by Gasteiger charge is 2.18. The van der Waals surface area contributed by atoms with E-state index in [-0.39, 0.29) is 5.78 Å². The highest BCUT2D eigenvalue weighted by atomic mass is 79.9. The maximum atomic E-state index is 12.2. The van der Waals surface area contributed by atoms with E-state index in [1.165, 1.54) is 0 Å². The average molecular weight is 280 g/mol. The Balaban J connectivity index is 2.43. The second-order valence-corrected chi connectivity index (χ2v) is 5.03. The summed E-state index contributed by atoms with van der Waals surface area (Å²) >= 11 is 3.37. The third-order valence-corrected chi connectivity index (χ3v) is 3.45. The van der Waals surface area contributed by atoms with Gasteiger partial charge in [-0.1, -0.05) is 22.0 Å². The van der Waals surface area contributed by atoms with Crippen LogP contribution in [0.3, 0.4) is 0 Å². The lowest BCUT2D eigenvalue weighted by molar-refractivity contribution is 0.103. The van der Waals surface area contributed by atoms with Crippen molar-refractivity contribution in [1.29, 1.82) is 0 Å². The van der Waals surface area contributed by atoms with Crippen molar-refractivity contribution in [2.75, 3.05) is 5.73 Å². The van der Waals surface area contributed by atoms with Gasteiger partial charge in [0, 0.05) is 15.7 Å². The second kappa shape index (κ2) is 4.42. The Morgan fingerprint density at radius 2 is 2.19 bits per heavy atom. The number of Topliss-reactive ketones (excluding diaryl/α,β-unsaturated/α-hetero) is 1. The quantitative estimate of drug-likeness (QED) is 0.664. The van der Waals surface area contributed by atoms with E-state index < -0.39 is 0 Å². The maximum Gasteiger partial charge on any atom is 0.189 e. The molecule has 0 aliphatic heterocycles. The number of carbonyl (C=O) groups is 1. The van der Waals surface area contributed by atoms with E-state index in [0.717, 1.165) is 40.4 Å². The number of rotatable bonds is 2. The molecule has 1 aromatic rings. The van der Waals surface area contributed by atoms with Gasteiger partial charge in [0.2, 0.25) is 0 Å². The van der Waals surface area contributed by atoms with E-state index in [4.69, 9.17) is 5.73 Å². The number of ketones is 1. The summed E-state index contributed by atoms with van der Waals surface area (Å²) in [6.45, 7) is 1.89. The first-order chi connectivity index (χ1) is 7.59. The van der Waals surface area contributed by atoms with Gasteiger partial charge >= 0.3 is 0 Å². The number of nitrogens with two attached hydrogens (primary N) is 1. The Kier molecular flexibility index (Phi) is 3.15. The van der Waals surface area contributed by atoms with Gasteiger partial charge in [0.15, 0.2) is 5.78 Å². The monoisotopic (exact) mass is 279 g/mol. The lowest BCUT2D eigenvalue weighted by atomic mass is 9.98. The zero-order valence-corrected chi connectivity index (χ0v) is 10.8. The molecule has 0 bridgehead atoms. The molecule has 0 unspecified atom stereocenters. The highest BCUT2D eigenvalue weighted by molar-refractivity contribution is 9.10. The van der Waals surface area contributed by atoms with Crippen molar-refractivity contribution in [3.05, 3.63) is 39.4 Å². The van der Waals surface area contributed by atoms with Crippen LogP contribution in [0, 0.1) is 6.92 Å². The van der Waals surface area contributed by atoms with Crippen LogP contribution in [0.1, 0.15) is 35.2 Å². The Bertz CT molecular complexity index is 477. The minimum atomic E-state index is 0.128. The first-order valence-corrected chi connectivity index (χ1v) is 6.18. The topological polar surface area (TPSA) is 43.1 Å². The van der Waals surface area contributed by atoms with Crippen LogP contribution in [0.4, 0.5) is 5.69 Å². The van der Waals surface area contributed by atoms with Gasteiger partial charge in [0.05, 0.1) is 0 Å². The SMILES string of the molecule is Cc1c(N)cc(Br)cc1C(=O)C1=CCCC1. The number of benzene rings is 1. The van der Waals surface area contributed by atoms with Crippen molar-refractivity contribution in [1.82, 2.24) is 0 Å². The molecule has 0 aromatic heterocycles. The van der Waals surface area contributed by atoms with Gasteiger partial charge in [-0.05, 0) is 49.5 Å². The predicted octanol–water partition coefficient (Wildman–Crippen LogP) is 3.63. The predicted molar refractivity (Wildman–Crippen MR) is 69.6 cm³/mol. The van der Waals surface area contributed by atoms with Gasteiger partial charge < -0.3 is 5.73 Å². The molecule has 0 amide bonds. The van der Waals surface area contributed by atoms with E-state index in [1.807, 2.05) is 25.1 Å². The number of halogens is 1. The number of carbonyl (C=O) groups excluding carboxylic acids is 1. The molecule has 0 fully saturated rings. The molecule has 1 aromatic carbocycles. The minimum Gasteiger partial charge on any atom is -0.398 e. The summed E-state index contributed by atoms with van der Waals surface area (Å²) in [5.41, 5.74) is 9.05. The van der Waals surface area contributed by atoms with Crippen molar-refractivity contribution in [3.8, 4) is 0 Å². The standard InChI is InChI=1S/C13H14BrNO/c1-8-11(6-10(14)7-12(8)15)13(16)9-4-2-3-5-9/h4,6-7H,2-3,5,15H2,1H3. The molecule has 1 aliphatic rings. The second-order valence-electron chi connectivity index (χ2n) is 4.12. The summed E-state index contributed by atoms with van der Waals surface area (Å²) in [5, 5.41) is 0. The summed E-state index contributed by atoms with van der Waals surface area (Å²) in [5.74, 6) is 0.128. The first-order valence-electron chi connectivity index (χ1n) is 5.39. The fourth-order valence-corrected chi connectivity index (χ4v) is 2.46. The third kappa shape index (κ3) is 2.05. The van der Waals surface area contributed by atoms with E-state index >= 15 is 0 Å². The average Bonchev–Trinajstić information content (AvgIpc) is 2.75. The molecule has 3 heteroatoms. The first kappa shape index (κ1) is 11.4. The van der Waals surface area contributed by atoms with Crippen LogP contribution in [0.5, 0.6) is 0 Å². The summed E-state index contributed by atoms with van der Waals surface area (Å²) in [4.78, 5) is 12.2. The molecular weight excluding hydrogens is 266 g/mol. The zero-order valence-electron chi connectivity index (χ0n) is 9.22. The Hall–Kier alpha value is -1.09. The van der Waals surface area contributed by atoms with Gasteiger partial charge in [0.1, 0.15) is 0 Å². The fourth-order valence-electron chi connectivity index (χ4n) is 1.99. The van der Waals surface area contributed by atoms with Crippen molar-refractivity contribution in [2.24, 2.45) is 0 Å². The van der Waals surface area contributed by atoms with E-state index in [2.05, 4.69) is 15.9 Å². The number of anilines is 1. The Morgan fingerprint density at radius 3 is 2.81 bits per heavy atom. The lowest BCUT2D eigenvalue weighted by Gasteiger charge is -2.09. The normalized spacial score (nSPS) is 15.0. The smallest absolute Gasteiger partial charge is 0.189 e. The molecule has 1 aliphatic carbocycles. The molecule has 0 atom stereocenters. The largest absolute Gasteiger partial charge is 0.398 e. The third-order valence-electron chi connectivity index (χ3n) is 2.99. The highest BCUT2D eigenvalue weighted by Crippen LogP contribution is 2.28. The molecule has 2 nitrogen and oxygen atoms in total. The van der Waals surface area contributed by atoms with E-state index in [0.29, 0.717) is 5.69 Å². The van der Waals surface area contributed by atoms with Crippen LogP contribution in [0.2, 0.25) is 0 Å². The number of hydrogen-bond acceptors (Lipinski definition) is 2. The lowest BCUT2D eigenvalue weighted by Crippen LogP contribution is -2.06. The summed E-state index contributed by atoms with van der Waals surface area (Å²) < 4.78 is 0.859.